The van der Waals surface area contributed by atoms with E-state index in [2.05, 4.69) is 20.9 Å². The van der Waals surface area contributed by atoms with E-state index in [1.165, 1.54) is 26.4 Å². The summed E-state index contributed by atoms with van der Waals surface area (Å²) in [5, 5.41) is 0. The lowest BCUT2D eigenvalue weighted by molar-refractivity contribution is 0.284. The highest BCUT2D eigenvalue weighted by molar-refractivity contribution is 9.10. The molecule has 0 spiro atoms. The van der Waals surface area contributed by atoms with Gasteiger partial charge in [-0.1, -0.05) is 0 Å². The molecule has 1 aromatic carbocycles. The second-order valence-electron chi connectivity index (χ2n) is 4.09. The third kappa shape index (κ3) is 3.36. The first kappa shape index (κ1) is 15.4. The summed E-state index contributed by atoms with van der Waals surface area (Å²) in [5.41, 5.74) is 6.49. The standard InChI is InChI=1S/C14H14BrFN2O3/c1-19-12-3-4-18-11(14(12)20-2)7-21-13-9(15)5-8(16)6-10(13)17/h3-6H,7,17H2,1-2H3. The van der Waals surface area contributed by atoms with Gasteiger partial charge in [0.1, 0.15) is 18.1 Å². The first-order valence-corrected chi connectivity index (χ1v) is 6.79. The summed E-state index contributed by atoms with van der Waals surface area (Å²) in [6.07, 6.45) is 1.59. The molecule has 1 heterocycles. The molecule has 0 aliphatic heterocycles. The van der Waals surface area contributed by atoms with Crippen LogP contribution < -0.4 is 19.9 Å². The smallest absolute Gasteiger partial charge is 0.185 e. The minimum absolute atomic E-state index is 0.106. The van der Waals surface area contributed by atoms with Crippen LogP contribution in [-0.2, 0) is 6.61 Å². The molecule has 2 rings (SSSR count). The van der Waals surface area contributed by atoms with Gasteiger partial charge in [-0.25, -0.2) is 4.39 Å². The summed E-state index contributed by atoms with van der Waals surface area (Å²) in [7, 11) is 3.06. The van der Waals surface area contributed by atoms with E-state index in [-0.39, 0.29) is 12.3 Å². The van der Waals surface area contributed by atoms with Gasteiger partial charge in [0.15, 0.2) is 17.2 Å². The molecule has 2 N–H and O–H groups in total. The number of benzene rings is 1. The monoisotopic (exact) mass is 356 g/mol. The number of methoxy groups -OCH3 is 2. The zero-order valence-electron chi connectivity index (χ0n) is 11.5. The van der Waals surface area contributed by atoms with Crippen molar-refractivity contribution in [3.05, 3.63) is 40.4 Å². The number of anilines is 1. The van der Waals surface area contributed by atoms with Crippen LogP contribution in [0.2, 0.25) is 0 Å². The number of pyridine rings is 1. The van der Waals surface area contributed by atoms with Gasteiger partial charge in [0, 0.05) is 18.3 Å². The van der Waals surface area contributed by atoms with E-state index < -0.39 is 5.82 Å². The van der Waals surface area contributed by atoms with Gasteiger partial charge in [-0.15, -0.1) is 0 Å². The third-order valence-corrected chi connectivity index (χ3v) is 3.35. The Hall–Kier alpha value is -2.02. The maximum absolute atomic E-state index is 13.2. The fourth-order valence-corrected chi connectivity index (χ4v) is 2.39. The second kappa shape index (κ2) is 6.62. The number of nitrogen functional groups attached to an aromatic ring is 1. The van der Waals surface area contributed by atoms with Gasteiger partial charge in [0.05, 0.1) is 24.4 Å². The minimum Gasteiger partial charge on any atom is -0.493 e. The average Bonchev–Trinajstić information content (AvgIpc) is 2.45. The molecule has 21 heavy (non-hydrogen) atoms. The molecule has 0 saturated heterocycles. The van der Waals surface area contributed by atoms with Crippen molar-refractivity contribution >= 4 is 21.6 Å². The number of rotatable bonds is 5. The highest BCUT2D eigenvalue weighted by Gasteiger charge is 2.14. The summed E-state index contributed by atoms with van der Waals surface area (Å²) in [6.45, 7) is 0.106. The lowest BCUT2D eigenvalue weighted by atomic mass is 10.3. The van der Waals surface area contributed by atoms with Crippen molar-refractivity contribution in [1.82, 2.24) is 4.98 Å². The van der Waals surface area contributed by atoms with Crippen LogP contribution in [0.3, 0.4) is 0 Å². The molecule has 0 atom stereocenters. The summed E-state index contributed by atoms with van der Waals surface area (Å²) in [5.74, 6) is 0.945. The summed E-state index contributed by atoms with van der Waals surface area (Å²) >= 11 is 3.21. The van der Waals surface area contributed by atoms with Gasteiger partial charge in [0.25, 0.3) is 0 Å². The van der Waals surface area contributed by atoms with Crippen molar-refractivity contribution < 1.29 is 18.6 Å². The van der Waals surface area contributed by atoms with E-state index in [1.54, 1.807) is 12.3 Å². The fraction of sp³-hybridized carbons (Fsp3) is 0.214. The molecule has 112 valence electrons. The molecule has 0 saturated carbocycles. The van der Waals surface area contributed by atoms with Crippen LogP contribution in [0.4, 0.5) is 10.1 Å². The van der Waals surface area contributed by atoms with Gasteiger partial charge >= 0.3 is 0 Å². The molecule has 0 fully saturated rings. The van der Waals surface area contributed by atoms with Gasteiger partial charge in [-0.3, -0.25) is 4.98 Å². The number of halogens is 2. The maximum Gasteiger partial charge on any atom is 0.185 e. The molecule has 1 aromatic heterocycles. The molecule has 0 bridgehead atoms. The highest BCUT2D eigenvalue weighted by Crippen LogP contribution is 2.34. The maximum atomic E-state index is 13.2. The number of nitrogens with two attached hydrogens (primary N) is 1. The number of ether oxygens (including phenoxy) is 3. The lowest BCUT2D eigenvalue weighted by Crippen LogP contribution is -2.05. The molecule has 5 nitrogen and oxygen atoms in total. The van der Waals surface area contributed by atoms with Gasteiger partial charge in [-0.05, 0) is 22.0 Å². The molecule has 0 aliphatic rings. The average molecular weight is 357 g/mol. The van der Waals surface area contributed by atoms with Gasteiger partial charge in [0.2, 0.25) is 0 Å². The van der Waals surface area contributed by atoms with Crippen molar-refractivity contribution in [3.8, 4) is 17.2 Å². The van der Waals surface area contributed by atoms with Crippen LogP contribution >= 0.6 is 15.9 Å². The Kier molecular flexibility index (Phi) is 4.85. The van der Waals surface area contributed by atoms with Crippen LogP contribution in [0.1, 0.15) is 5.69 Å². The Morgan fingerprint density at radius 3 is 2.62 bits per heavy atom. The van der Waals surface area contributed by atoms with Crippen molar-refractivity contribution in [2.24, 2.45) is 0 Å². The van der Waals surface area contributed by atoms with Crippen molar-refractivity contribution in [2.45, 2.75) is 6.61 Å². The molecule has 0 radical (unpaired) electrons. The van der Waals surface area contributed by atoms with Gasteiger partial charge < -0.3 is 19.9 Å². The Labute approximate surface area is 130 Å². The van der Waals surface area contributed by atoms with E-state index in [1.807, 2.05) is 0 Å². The van der Waals surface area contributed by atoms with E-state index in [4.69, 9.17) is 19.9 Å². The van der Waals surface area contributed by atoms with Crippen LogP contribution in [-0.4, -0.2) is 19.2 Å². The quantitative estimate of drug-likeness (QED) is 0.833. The van der Waals surface area contributed by atoms with Crippen molar-refractivity contribution in [2.75, 3.05) is 20.0 Å². The first-order chi connectivity index (χ1) is 10.1. The molecule has 7 heteroatoms. The van der Waals surface area contributed by atoms with Gasteiger partial charge in [-0.2, -0.15) is 0 Å². The number of hydrogen-bond acceptors (Lipinski definition) is 5. The normalized spacial score (nSPS) is 10.3. The molecule has 0 aliphatic carbocycles. The number of hydrogen-bond donors (Lipinski definition) is 1. The van der Waals surface area contributed by atoms with Crippen LogP contribution in [0.15, 0.2) is 28.9 Å². The van der Waals surface area contributed by atoms with Crippen LogP contribution in [0, 0.1) is 5.82 Å². The molecule has 0 amide bonds. The molecular weight excluding hydrogens is 343 g/mol. The fourth-order valence-electron chi connectivity index (χ4n) is 1.83. The Balaban J connectivity index is 2.25. The predicted octanol–water partition coefficient (Wildman–Crippen LogP) is 3.16. The summed E-state index contributed by atoms with van der Waals surface area (Å²) < 4.78 is 29.7. The first-order valence-electron chi connectivity index (χ1n) is 6.00. The van der Waals surface area contributed by atoms with E-state index in [9.17, 15) is 4.39 Å². The SMILES string of the molecule is COc1ccnc(COc2c(N)cc(F)cc2Br)c1OC. The van der Waals surface area contributed by atoms with Crippen molar-refractivity contribution in [3.63, 3.8) is 0 Å². The molecule has 0 unspecified atom stereocenters. The molecular formula is C14H14BrFN2O3. The number of nitrogens with zero attached hydrogens (tertiary/aromatic N) is 1. The highest BCUT2D eigenvalue weighted by atomic mass is 79.9. The Morgan fingerprint density at radius 2 is 2.00 bits per heavy atom. The Morgan fingerprint density at radius 1 is 1.24 bits per heavy atom. The van der Waals surface area contributed by atoms with E-state index >= 15 is 0 Å². The topological polar surface area (TPSA) is 66.6 Å². The lowest BCUT2D eigenvalue weighted by Gasteiger charge is -2.14. The predicted molar refractivity (Wildman–Crippen MR) is 80.2 cm³/mol. The van der Waals surface area contributed by atoms with Crippen LogP contribution in [0.5, 0.6) is 17.2 Å². The van der Waals surface area contributed by atoms with Crippen LogP contribution in [0.25, 0.3) is 0 Å². The zero-order chi connectivity index (χ0) is 15.4. The second-order valence-corrected chi connectivity index (χ2v) is 4.94. The minimum atomic E-state index is -0.441. The summed E-state index contributed by atoms with van der Waals surface area (Å²) in [6, 6.07) is 4.16. The largest absolute Gasteiger partial charge is 0.493 e. The number of aromatic nitrogens is 1. The van der Waals surface area contributed by atoms with Crippen molar-refractivity contribution in [1.29, 1.82) is 0 Å². The molecule has 2 aromatic rings. The zero-order valence-corrected chi connectivity index (χ0v) is 13.1. The van der Waals surface area contributed by atoms with E-state index in [0.29, 0.717) is 27.4 Å². The summed E-state index contributed by atoms with van der Waals surface area (Å²) in [4.78, 5) is 4.19. The Bertz CT molecular complexity index is 629. The third-order valence-electron chi connectivity index (χ3n) is 2.76. The van der Waals surface area contributed by atoms with E-state index in [0.717, 1.165) is 0 Å².